The number of rotatable bonds is 5. The molecule has 5 heteroatoms. The molecule has 1 aromatic carbocycles. The average molecular weight is 247 g/mol. The van der Waals surface area contributed by atoms with Crippen LogP contribution in [-0.4, -0.2) is 18.9 Å². The molecule has 2 N–H and O–H groups in total. The molecule has 0 aliphatic heterocycles. The number of benzene rings is 1. The largest absolute Gasteiger partial charge is 0.414 e. The summed E-state index contributed by atoms with van der Waals surface area (Å²) in [5, 5.41) is 0. The minimum absolute atomic E-state index is 0.102. The van der Waals surface area contributed by atoms with Crippen LogP contribution in [0.2, 0.25) is 0 Å². The smallest absolute Gasteiger partial charge is 0.399 e. The minimum atomic E-state index is -4.28. The molecule has 17 heavy (non-hydrogen) atoms. The zero-order chi connectivity index (χ0) is 12.9. The van der Waals surface area contributed by atoms with Crippen molar-refractivity contribution in [1.82, 2.24) is 0 Å². The van der Waals surface area contributed by atoms with Crippen LogP contribution in [0.25, 0.3) is 0 Å². The lowest BCUT2D eigenvalue weighted by Crippen LogP contribution is -2.28. The van der Waals surface area contributed by atoms with Crippen LogP contribution in [0.15, 0.2) is 24.3 Å². The lowest BCUT2D eigenvalue weighted by atomic mass is 10.1. The van der Waals surface area contributed by atoms with Gasteiger partial charge in [-0.1, -0.05) is 12.1 Å². The number of aryl methyl sites for hydroxylation is 1. The summed E-state index contributed by atoms with van der Waals surface area (Å²) in [5.41, 5.74) is 7.24. The van der Waals surface area contributed by atoms with E-state index in [2.05, 4.69) is 0 Å². The van der Waals surface area contributed by atoms with E-state index in [0.29, 0.717) is 18.5 Å². The predicted molar refractivity (Wildman–Crippen MR) is 60.6 cm³/mol. The highest BCUT2D eigenvalue weighted by Crippen LogP contribution is 2.22. The zero-order valence-corrected chi connectivity index (χ0v) is 9.63. The van der Waals surface area contributed by atoms with Crippen LogP contribution < -0.4 is 5.73 Å². The van der Waals surface area contributed by atoms with Crippen molar-refractivity contribution in [3.8, 4) is 0 Å². The van der Waals surface area contributed by atoms with Crippen molar-refractivity contribution in [2.75, 3.05) is 12.3 Å². The van der Waals surface area contributed by atoms with Crippen molar-refractivity contribution >= 4 is 5.69 Å². The topological polar surface area (TPSA) is 35.2 Å². The molecule has 0 amide bonds. The van der Waals surface area contributed by atoms with Gasteiger partial charge in [-0.15, -0.1) is 0 Å². The van der Waals surface area contributed by atoms with Crippen LogP contribution in [0.3, 0.4) is 0 Å². The SMILES string of the molecule is CC(OCCCc1ccc(N)cc1)C(F)(F)F. The van der Waals surface area contributed by atoms with E-state index >= 15 is 0 Å². The van der Waals surface area contributed by atoms with Crippen molar-refractivity contribution in [1.29, 1.82) is 0 Å². The van der Waals surface area contributed by atoms with E-state index in [4.69, 9.17) is 10.5 Å². The summed E-state index contributed by atoms with van der Waals surface area (Å²) in [5.74, 6) is 0. The molecule has 0 aromatic heterocycles. The van der Waals surface area contributed by atoms with Crippen molar-refractivity contribution in [3.63, 3.8) is 0 Å². The Morgan fingerprint density at radius 3 is 2.35 bits per heavy atom. The Morgan fingerprint density at radius 2 is 1.82 bits per heavy atom. The Hall–Kier alpha value is -1.23. The molecule has 0 heterocycles. The molecule has 1 rings (SSSR count). The van der Waals surface area contributed by atoms with Gasteiger partial charge in [-0.2, -0.15) is 13.2 Å². The van der Waals surface area contributed by atoms with E-state index in [1.165, 1.54) is 0 Å². The summed E-state index contributed by atoms with van der Waals surface area (Å²) in [6, 6.07) is 7.27. The van der Waals surface area contributed by atoms with Crippen molar-refractivity contribution in [2.24, 2.45) is 0 Å². The maximum Gasteiger partial charge on any atom is 0.414 e. The fraction of sp³-hybridized carbons (Fsp3) is 0.500. The third-order valence-corrected chi connectivity index (χ3v) is 2.42. The highest BCUT2D eigenvalue weighted by atomic mass is 19.4. The second kappa shape index (κ2) is 5.91. The molecule has 0 spiro atoms. The normalized spacial score (nSPS) is 13.6. The van der Waals surface area contributed by atoms with Gasteiger partial charge >= 0.3 is 6.18 Å². The summed E-state index contributed by atoms with van der Waals surface area (Å²) in [4.78, 5) is 0. The van der Waals surface area contributed by atoms with Gasteiger partial charge in [0.15, 0.2) is 6.10 Å². The van der Waals surface area contributed by atoms with E-state index in [1.54, 1.807) is 12.1 Å². The zero-order valence-electron chi connectivity index (χ0n) is 9.63. The molecule has 0 radical (unpaired) electrons. The van der Waals surface area contributed by atoms with Gasteiger partial charge in [-0.05, 0) is 37.5 Å². The number of ether oxygens (including phenoxy) is 1. The van der Waals surface area contributed by atoms with Gasteiger partial charge in [0.05, 0.1) is 0 Å². The van der Waals surface area contributed by atoms with E-state index in [0.717, 1.165) is 12.5 Å². The van der Waals surface area contributed by atoms with Gasteiger partial charge in [0.2, 0.25) is 0 Å². The van der Waals surface area contributed by atoms with Gasteiger partial charge < -0.3 is 10.5 Å². The second-order valence-electron chi connectivity index (χ2n) is 3.90. The molecule has 96 valence electrons. The van der Waals surface area contributed by atoms with Crippen molar-refractivity contribution < 1.29 is 17.9 Å². The fourth-order valence-electron chi connectivity index (χ4n) is 1.32. The van der Waals surface area contributed by atoms with E-state index in [1.807, 2.05) is 12.1 Å². The number of nitrogens with two attached hydrogens (primary N) is 1. The number of hydrogen-bond acceptors (Lipinski definition) is 2. The maximum absolute atomic E-state index is 12.1. The molecule has 0 saturated heterocycles. The Balaban J connectivity index is 2.23. The molecule has 1 unspecified atom stereocenters. The van der Waals surface area contributed by atoms with Crippen LogP contribution >= 0.6 is 0 Å². The third kappa shape index (κ3) is 5.08. The molecule has 2 nitrogen and oxygen atoms in total. The predicted octanol–water partition coefficient (Wildman–Crippen LogP) is 3.17. The highest BCUT2D eigenvalue weighted by Gasteiger charge is 2.36. The first-order valence-corrected chi connectivity index (χ1v) is 5.42. The molecule has 0 fully saturated rings. The second-order valence-corrected chi connectivity index (χ2v) is 3.90. The van der Waals surface area contributed by atoms with Crippen LogP contribution in [0, 0.1) is 0 Å². The molecule has 0 aliphatic carbocycles. The maximum atomic E-state index is 12.1. The van der Waals surface area contributed by atoms with E-state index in [9.17, 15) is 13.2 Å². The molecule has 1 atom stereocenters. The van der Waals surface area contributed by atoms with Gasteiger partial charge in [0.1, 0.15) is 0 Å². The lowest BCUT2D eigenvalue weighted by Gasteiger charge is -2.16. The van der Waals surface area contributed by atoms with Crippen LogP contribution in [0.4, 0.5) is 18.9 Å². The summed E-state index contributed by atoms with van der Waals surface area (Å²) in [6.07, 6.45) is -4.73. The third-order valence-electron chi connectivity index (χ3n) is 2.42. The number of halogens is 3. The summed E-state index contributed by atoms with van der Waals surface area (Å²) < 4.78 is 41.0. The Morgan fingerprint density at radius 1 is 1.24 bits per heavy atom. The molecular formula is C12H16F3NO. The highest BCUT2D eigenvalue weighted by molar-refractivity contribution is 5.39. The lowest BCUT2D eigenvalue weighted by molar-refractivity contribution is -0.214. The average Bonchev–Trinajstić information content (AvgIpc) is 2.25. The summed E-state index contributed by atoms with van der Waals surface area (Å²) >= 11 is 0. The van der Waals surface area contributed by atoms with Crippen LogP contribution in [0.5, 0.6) is 0 Å². The van der Waals surface area contributed by atoms with Gasteiger partial charge in [-0.3, -0.25) is 0 Å². The van der Waals surface area contributed by atoms with Crippen molar-refractivity contribution in [3.05, 3.63) is 29.8 Å². The molecule has 0 bridgehead atoms. The summed E-state index contributed by atoms with van der Waals surface area (Å²) in [6.45, 7) is 1.12. The van der Waals surface area contributed by atoms with E-state index in [-0.39, 0.29) is 6.61 Å². The van der Waals surface area contributed by atoms with Gasteiger partial charge in [-0.25, -0.2) is 0 Å². The Bertz CT molecular complexity index is 335. The number of anilines is 1. The standard InChI is InChI=1S/C12H16F3NO/c1-9(12(13,14)15)17-8-2-3-10-4-6-11(16)7-5-10/h4-7,9H,2-3,8,16H2,1H3. The number of alkyl halides is 3. The van der Waals surface area contributed by atoms with Crippen molar-refractivity contribution in [2.45, 2.75) is 32.0 Å². The quantitative estimate of drug-likeness (QED) is 0.640. The molecule has 0 aliphatic rings. The molecular weight excluding hydrogens is 231 g/mol. The van der Waals surface area contributed by atoms with Gasteiger partial charge in [0, 0.05) is 12.3 Å². The Kier molecular flexibility index (Phi) is 4.81. The minimum Gasteiger partial charge on any atom is -0.399 e. The van der Waals surface area contributed by atoms with Gasteiger partial charge in [0.25, 0.3) is 0 Å². The number of hydrogen-bond donors (Lipinski definition) is 1. The first-order valence-electron chi connectivity index (χ1n) is 5.42. The monoisotopic (exact) mass is 247 g/mol. The summed E-state index contributed by atoms with van der Waals surface area (Å²) in [7, 11) is 0. The van der Waals surface area contributed by atoms with Crippen LogP contribution in [-0.2, 0) is 11.2 Å². The first-order chi connectivity index (χ1) is 7.89. The molecule has 0 saturated carbocycles. The fourth-order valence-corrected chi connectivity index (χ4v) is 1.32. The molecule has 1 aromatic rings. The van der Waals surface area contributed by atoms with Crippen LogP contribution in [0.1, 0.15) is 18.9 Å². The Labute approximate surface area is 98.6 Å². The van der Waals surface area contributed by atoms with E-state index < -0.39 is 12.3 Å². The number of nitrogen functional groups attached to an aromatic ring is 1. The first kappa shape index (κ1) is 13.8.